The third-order valence-corrected chi connectivity index (χ3v) is 8.83. The second kappa shape index (κ2) is 19.0. The smallest absolute Gasteiger partial charge is 0.508 e. The van der Waals surface area contributed by atoms with Gasteiger partial charge in [-0.2, -0.15) is 0 Å². The highest BCUT2D eigenvalue weighted by atomic mass is 31.2. The van der Waals surface area contributed by atoms with Gasteiger partial charge in [-0.05, 0) is 106 Å². The van der Waals surface area contributed by atoms with Crippen LogP contribution in [0.1, 0.15) is 61.1 Å². The van der Waals surface area contributed by atoms with E-state index >= 15 is 0 Å². The lowest BCUT2D eigenvalue weighted by Crippen LogP contribution is -2.17. The van der Waals surface area contributed by atoms with Crippen LogP contribution in [0, 0.1) is 13.8 Å². The number of hydrogen-bond acceptors (Lipinski definition) is 13. The molecular weight excluding hydrogens is 707 g/mol. The number of aromatic hydroxyl groups is 2. The van der Waals surface area contributed by atoms with Crippen molar-refractivity contribution in [3.63, 3.8) is 0 Å². The zero-order valence-electron chi connectivity index (χ0n) is 30.5. The van der Waals surface area contributed by atoms with E-state index in [-0.39, 0.29) is 11.5 Å². The molecule has 0 aliphatic heterocycles. The molecule has 0 saturated heterocycles. The first kappa shape index (κ1) is 40.5. The average molecular weight is 753 g/mol. The Morgan fingerprint density at radius 3 is 1.75 bits per heavy atom. The van der Waals surface area contributed by atoms with Gasteiger partial charge in [0, 0.05) is 18.4 Å². The van der Waals surface area contributed by atoms with Crippen molar-refractivity contribution in [2.24, 2.45) is 0 Å². The topological polar surface area (TPSA) is 166 Å². The summed E-state index contributed by atoms with van der Waals surface area (Å²) < 4.78 is 55.3. The molecule has 4 rings (SSSR count). The molecule has 0 aromatic heterocycles. The number of carbonyl (C=O) groups is 2. The normalized spacial score (nSPS) is 11.3. The lowest BCUT2D eigenvalue weighted by Gasteiger charge is -2.20. The number of rotatable bonds is 17. The molecule has 0 aliphatic carbocycles. The van der Waals surface area contributed by atoms with Gasteiger partial charge in [0.05, 0.1) is 12.2 Å². The van der Waals surface area contributed by atoms with E-state index in [9.17, 15) is 24.4 Å². The lowest BCUT2D eigenvalue weighted by molar-refractivity contribution is -0.0321. The number of benzene rings is 4. The first-order valence-corrected chi connectivity index (χ1v) is 18.6. The molecule has 4 aromatic carbocycles. The van der Waals surface area contributed by atoms with E-state index in [0.717, 1.165) is 16.7 Å². The molecule has 0 saturated carbocycles. The Morgan fingerprint density at radius 1 is 0.660 bits per heavy atom. The first-order chi connectivity index (χ1) is 25.2. The van der Waals surface area contributed by atoms with Crippen molar-refractivity contribution >= 4 is 19.9 Å². The molecule has 13 nitrogen and oxygen atoms in total. The lowest BCUT2D eigenvalue weighted by atomic mass is 9.98. The molecule has 0 heterocycles. The van der Waals surface area contributed by atoms with Gasteiger partial charge in [0.15, 0.2) is 6.35 Å². The highest BCUT2D eigenvalue weighted by Crippen LogP contribution is 2.48. The van der Waals surface area contributed by atoms with Crippen LogP contribution in [-0.2, 0) is 45.4 Å². The summed E-state index contributed by atoms with van der Waals surface area (Å²) >= 11 is 0. The van der Waals surface area contributed by atoms with E-state index in [0.29, 0.717) is 46.8 Å². The highest BCUT2D eigenvalue weighted by molar-refractivity contribution is 7.53. The summed E-state index contributed by atoms with van der Waals surface area (Å²) in [5, 5.41) is 21.2. The van der Waals surface area contributed by atoms with Crippen LogP contribution in [0.2, 0.25) is 0 Å². The average Bonchev–Trinajstić information content (AvgIpc) is 3.08. The third-order valence-electron chi connectivity index (χ3n) is 7.39. The largest absolute Gasteiger partial charge is 0.510 e. The molecule has 0 bridgehead atoms. The molecule has 0 fully saturated rings. The highest BCUT2D eigenvalue weighted by Gasteiger charge is 2.29. The van der Waals surface area contributed by atoms with E-state index in [1.807, 2.05) is 42.5 Å². The quantitative estimate of drug-likeness (QED) is 0.0596. The first-order valence-electron chi connectivity index (χ1n) is 16.8. The minimum Gasteiger partial charge on any atom is -0.508 e. The third kappa shape index (κ3) is 13.0. The van der Waals surface area contributed by atoms with Crippen molar-refractivity contribution in [1.82, 2.24) is 0 Å². The van der Waals surface area contributed by atoms with Crippen LogP contribution >= 0.6 is 7.60 Å². The number of aryl methyl sites for hydroxylation is 2. The van der Waals surface area contributed by atoms with Gasteiger partial charge in [-0.15, -0.1) is 0 Å². The van der Waals surface area contributed by atoms with E-state index in [1.54, 1.807) is 77.9 Å². The Morgan fingerprint density at radius 2 is 1.19 bits per heavy atom. The van der Waals surface area contributed by atoms with Crippen LogP contribution in [0.15, 0.2) is 78.9 Å². The van der Waals surface area contributed by atoms with Crippen molar-refractivity contribution in [3.05, 3.63) is 112 Å². The number of ether oxygens (including phenoxy) is 6. The molecule has 0 unspecified atom stereocenters. The molecular formula is C39H45O13P. The molecule has 2 N–H and O–H groups in total. The monoisotopic (exact) mass is 752 g/mol. The van der Waals surface area contributed by atoms with Gasteiger partial charge in [0.1, 0.15) is 28.7 Å². The number of phenolic OH excluding ortho intramolecular Hbond substituents is 2. The van der Waals surface area contributed by atoms with Crippen molar-refractivity contribution in [2.45, 2.75) is 66.6 Å². The van der Waals surface area contributed by atoms with Crippen LogP contribution in [0.5, 0.6) is 28.7 Å². The summed E-state index contributed by atoms with van der Waals surface area (Å²) in [4.78, 5) is 23.5. The van der Waals surface area contributed by atoms with Gasteiger partial charge in [0.2, 0.25) is 13.6 Å². The summed E-state index contributed by atoms with van der Waals surface area (Å²) in [7, 11) is -4.18. The van der Waals surface area contributed by atoms with E-state index < -0.39 is 52.0 Å². The molecule has 0 atom stereocenters. The Kier molecular flexibility index (Phi) is 14.5. The molecule has 53 heavy (non-hydrogen) atoms. The van der Waals surface area contributed by atoms with Gasteiger partial charge < -0.3 is 38.6 Å². The number of carbonyl (C=O) groups excluding carboxylic acids is 2. The van der Waals surface area contributed by atoms with Crippen molar-refractivity contribution in [3.8, 4) is 28.7 Å². The molecule has 0 radical (unpaired) electrons. The fourth-order valence-corrected chi connectivity index (χ4v) is 5.95. The number of phenols is 2. The zero-order valence-corrected chi connectivity index (χ0v) is 31.4. The van der Waals surface area contributed by atoms with Crippen LogP contribution < -0.4 is 9.47 Å². The standard InChI is InChI=1S/C39H45O13P/c1-25(2)50-38(42)45-22-48-53(44,49-23-46-39(43)51-26(3)4)24-47-34-16-27(5)37(28(6)17-34)52-33-13-15-36(41)32(21-33)20-30-12-14-35(40)31(19-30)18-29-10-8-7-9-11-29/h7-17,19,21,25-26,40-41H,18,20,22-24H2,1-6H3. The summed E-state index contributed by atoms with van der Waals surface area (Å²) in [6.45, 7) is 8.53. The molecule has 0 amide bonds. The van der Waals surface area contributed by atoms with E-state index in [4.69, 9.17) is 37.5 Å². The Bertz CT molecular complexity index is 1840. The van der Waals surface area contributed by atoms with Crippen molar-refractivity contribution in [2.75, 3.05) is 19.9 Å². The van der Waals surface area contributed by atoms with Crippen molar-refractivity contribution in [1.29, 1.82) is 0 Å². The van der Waals surface area contributed by atoms with Gasteiger partial charge in [-0.25, -0.2) is 9.59 Å². The minimum absolute atomic E-state index is 0.102. The molecule has 4 aromatic rings. The second-order valence-electron chi connectivity index (χ2n) is 12.6. The molecule has 284 valence electrons. The fraction of sp³-hybridized carbons (Fsp3) is 0.333. The van der Waals surface area contributed by atoms with Crippen LogP contribution in [0.25, 0.3) is 0 Å². The second-order valence-corrected chi connectivity index (χ2v) is 14.6. The summed E-state index contributed by atoms with van der Waals surface area (Å²) in [5.41, 5.74) is 4.74. The Hall–Kier alpha value is -5.23. The summed E-state index contributed by atoms with van der Waals surface area (Å²) in [6, 6.07) is 23.6. The maximum Gasteiger partial charge on any atom is 0.510 e. The summed E-state index contributed by atoms with van der Waals surface area (Å²) in [5.74, 6) is 1.62. The Balaban J connectivity index is 1.43. The van der Waals surface area contributed by atoms with E-state index in [1.165, 1.54) is 0 Å². The van der Waals surface area contributed by atoms with E-state index in [2.05, 4.69) is 0 Å². The predicted molar refractivity (Wildman–Crippen MR) is 195 cm³/mol. The van der Waals surface area contributed by atoms with Gasteiger partial charge in [-0.3, -0.25) is 13.6 Å². The molecule has 14 heteroatoms. The minimum atomic E-state index is -4.18. The maximum atomic E-state index is 13.5. The molecule has 0 spiro atoms. The zero-order chi connectivity index (χ0) is 38.5. The summed E-state index contributed by atoms with van der Waals surface area (Å²) in [6.07, 6.45) is -2.66. The predicted octanol–water partition coefficient (Wildman–Crippen LogP) is 9.29. The van der Waals surface area contributed by atoms with Gasteiger partial charge in [-0.1, -0.05) is 42.5 Å². The van der Waals surface area contributed by atoms with Crippen LogP contribution in [-0.4, -0.2) is 54.7 Å². The Labute approximate surface area is 308 Å². The maximum absolute atomic E-state index is 13.5. The van der Waals surface area contributed by atoms with Gasteiger partial charge >= 0.3 is 19.9 Å². The SMILES string of the molecule is Cc1cc(OCP(=O)(OCOC(=O)OC(C)C)OCOC(=O)OC(C)C)cc(C)c1Oc1ccc(O)c(Cc2ccc(O)c(Cc3ccccc3)c2)c1. The van der Waals surface area contributed by atoms with Crippen LogP contribution in [0.4, 0.5) is 9.59 Å². The number of hydrogen-bond donors (Lipinski definition) is 2. The van der Waals surface area contributed by atoms with Gasteiger partial charge in [0.25, 0.3) is 0 Å². The fourth-order valence-electron chi connectivity index (χ4n) is 4.99. The van der Waals surface area contributed by atoms with Crippen molar-refractivity contribution < 1.29 is 61.8 Å². The molecule has 0 aliphatic rings. The van der Waals surface area contributed by atoms with Crippen LogP contribution in [0.3, 0.4) is 0 Å².